The molecule has 3 aromatic rings. The van der Waals surface area contributed by atoms with Crippen molar-refractivity contribution in [3.63, 3.8) is 0 Å². The Morgan fingerprint density at radius 1 is 1.26 bits per heavy atom. The Labute approximate surface area is 209 Å². The van der Waals surface area contributed by atoms with Gasteiger partial charge in [-0.05, 0) is 18.6 Å². The lowest BCUT2D eigenvalue weighted by atomic mass is 10.2. The second-order valence-corrected chi connectivity index (χ2v) is 8.41. The molecule has 1 unspecified atom stereocenters. The molecule has 3 heterocycles. The summed E-state index contributed by atoms with van der Waals surface area (Å²) < 4.78 is 0. The van der Waals surface area contributed by atoms with Crippen LogP contribution in [-0.2, 0) is 6.42 Å². The van der Waals surface area contributed by atoms with Crippen molar-refractivity contribution in [3.05, 3.63) is 64.8 Å². The molecule has 1 aliphatic rings. The first-order valence-corrected chi connectivity index (χ1v) is 11.3. The van der Waals surface area contributed by atoms with E-state index in [1.165, 1.54) is 0 Å². The van der Waals surface area contributed by atoms with E-state index < -0.39 is 0 Å². The largest absolute Gasteiger partial charge is 0.356 e. The second-order valence-electron chi connectivity index (χ2n) is 7.14. The third kappa shape index (κ3) is 6.30. The van der Waals surface area contributed by atoms with E-state index >= 15 is 0 Å². The summed E-state index contributed by atoms with van der Waals surface area (Å²) in [5.74, 6) is 1.66. The Bertz CT molecular complexity index is 996. The van der Waals surface area contributed by atoms with Crippen LogP contribution in [0.25, 0.3) is 10.6 Å². The van der Waals surface area contributed by atoms with Crippen LogP contribution in [0.1, 0.15) is 12.1 Å². The Balaban J connectivity index is 0.00000272. The van der Waals surface area contributed by atoms with Crippen molar-refractivity contribution in [2.75, 3.05) is 31.6 Å². The molecule has 0 bridgehead atoms. The molecular weight excluding hydrogens is 543 g/mol. The summed E-state index contributed by atoms with van der Waals surface area (Å²) in [7, 11) is 1.80. The highest BCUT2D eigenvalue weighted by molar-refractivity contribution is 14.0. The zero-order valence-electron chi connectivity index (χ0n) is 17.3. The highest BCUT2D eigenvalue weighted by Gasteiger charge is 2.25. The van der Waals surface area contributed by atoms with Crippen molar-refractivity contribution in [1.29, 1.82) is 0 Å². The minimum absolute atomic E-state index is 0. The van der Waals surface area contributed by atoms with Gasteiger partial charge in [0.2, 0.25) is 0 Å². The van der Waals surface area contributed by atoms with Gasteiger partial charge >= 0.3 is 0 Å². The summed E-state index contributed by atoms with van der Waals surface area (Å²) in [4.78, 5) is 15.7. The average Bonchev–Trinajstić information content (AvgIpc) is 3.44. The number of aromatic nitrogens is 2. The number of aliphatic imine (C=N–C) groups is 1. The van der Waals surface area contributed by atoms with E-state index in [0.717, 1.165) is 60.5 Å². The number of pyridine rings is 1. The summed E-state index contributed by atoms with van der Waals surface area (Å²) >= 11 is 7.97. The standard InChI is InChI=1S/C22H25ClN6S.HI/c1-24-22(28-17-10-13-29(14-17)20-19(23)8-5-11-25-20)26-12-9-18-15-30-21(27-18)16-6-3-2-4-7-16;/h2-8,11,15,17H,9-10,12-14H2,1H3,(H2,24,26,28);1H. The van der Waals surface area contributed by atoms with Crippen molar-refractivity contribution in [2.45, 2.75) is 18.9 Å². The van der Waals surface area contributed by atoms with Gasteiger partial charge in [0.25, 0.3) is 0 Å². The van der Waals surface area contributed by atoms with E-state index in [4.69, 9.17) is 16.6 Å². The van der Waals surface area contributed by atoms with Crippen LogP contribution in [0.3, 0.4) is 0 Å². The van der Waals surface area contributed by atoms with Crippen molar-refractivity contribution >= 4 is 58.7 Å². The molecule has 2 N–H and O–H groups in total. The summed E-state index contributed by atoms with van der Waals surface area (Å²) in [6.07, 6.45) is 3.65. The molecule has 1 saturated heterocycles. The average molecular weight is 569 g/mol. The predicted octanol–water partition coefficient (Wildman–Crippen LogP) is 4.46. The predicted molar refractivity (Wildman–Crippen MR) is 141 cm³/mol. The van der Waals surface area contributed by atoms with Gasteiger partial charge < -0.3 is 15.5 Å². The number of thiazole rings is 1. The van der Waals surface area contributed by atoms with Gasteiger partial charge in [-0.25, -0.2) is 9.97 Å². The van der Waals surface area contributed by atoms with E-state index in [0.29, 0.717) is 11.1 Å². The smallest absolute Gasteiger partial charge is 0.191 e. The van der Waals surface area contributed by atoms with Crippen LogP contribution in [0.5, 0.6) is 0 Å². The van der Waals surface area contributed by atoms with Gasteiger partial charge in [0.1, 0.15) is 10.8 Å². The number of halogens is 2. The number of benzene rings is 1. The quantitative estimate of drug-likeness (QED) is 0.261. The Hall–Kier alpha value is -1.91. The van der Waals surface area contributed by atoms with Crippen LogP contribution in [0.2, 0.25) is 5.02 Å². The highest BCUT2D eigenvalue weighted by Crippen LogP contribution is 2.26. The van der Waals surface area contributed by atoms with Gasteiger partial charge in [0.15, 0.2) is 5.96 Å². The van der Waals surface area contributed by atoms with E-state index in [1.807, 2.05) is 30.3 Å². The lowest BCUT2D eigenvalue weighted by Gasteiger charge is -2.20. The third-order valence-electron chi connectivity index (χ3n) is 5.04. The fourth-order valence-electron chi connectivity index (χ4n) is 3.51. The van der Waals surface area contributed by atoms with Gasteiger partial charge in [0.05, 0.1) is 10.7 Å². The van der Waals surface area contributed by atoms with Crippen LogP contribution >= 0.6 is 46.9 Å². The molecule has 9 heteroatoms. The van der Waals surface area contributed by atoms with Gasteiger partial charge in [-0.3, -0.25) is 4.99 Å². The molecule has 0 radical (unpaired) electrons. The Morgan fingerprint density at radius 3 is 2.87 bits per heavy atom. The normalized spacial score (nSPS) is 16.1. The van der Waals surface area contributed by atoms with Gasteiger partial charge in [0, 0.05) is 56.3 Å². The SMILES string of the molecule is CN=C(NCCc1csc(-c2ccccc2)n1)NC1CCN(c2ncccc2Cl)C1.I. The fourth-order valence-corrected chi connectivity index (χ4v) is 4.61. The minimum atomic E-state index is 0. The highest BCUT2D eigenvalue weighted by atomic mass is 127. The lowest BCUT2D eigenvalue weighted by molar-refractivity contribution is 0.647. The lowest BCUT2D eigenvalue weighted by Crippen LogP contribution is -2.45. The monoisotopic (exact) mass is 568 g/mol. The maximum absolute atomic E-state index is 6.29. The number of hydrogen-bond donors (Lipinski definition) is 2. The molecule has 1 fully saturated rings. The van der Waals surface area contributed by atoms with Crippen molar-refractivity contribution in [1.82, 2.24) is 20.6 Å². The van der Waals surface area contributed by atoms with Crippen molar-refractivity contribution in [2.24, 2.45) is 4.99 Å². The maximum atomic E-state index is 6.29. The topological polar surface area (TPSA) is 65.4 Å². The van der Waals surface area contributed by atoms with E-state index in [1.54, 1.807) is 24.6 Å². The summed E-state index contributed by atoms with van der Waals surface area (Å²) in [6.45, 7) is 2.55. The van der Waals surface area contributed by atoms with Crippen LogP contribution in [0.15, 0.2) is 59.0 Å². The first-order chi connectivity index (χ1) is 14.7. The molecule has 6 nitrogen and oxygen atoms in total. The van der Waals surface area contributed by atoms with Crippen molar-refractivity contribution in [3.8, 4) is 10.6 Å². The molecule has 0 saturated carbocycles. The minimum Gasteiger partial charge on any atom is -0.356 e. The first-order valence-electron chi connectivity index (χ1n) is 10.1. The molecule has 164 valence electrons. The molecule has 1 aliphatic heterocycles. The van der Waals surface area contributed by atoms with Crippen LogP contribution in [0.4, 0.5) is 5.82 Å². The number of rotatable bonds is 6. The van der Waals surface area contributed by atoms with Crippen LogP contribution in [-0.4, -0.2) is 48.7 Å². The molecule has 31 heavy (non-hydrogen) atoms. The van der Waals surface area contributed by atoms with Crippen molar-refractivity contribution < 1.29 is 0 Å². The molecule has 4 rings (SSSR count). The molecule has 1 atom stereocenters. The second kappa shape index (κ2) is 11.6. The number of anilines is 1. The summed E-state index contributed by atoms with van der Waals surface area (Å²) in [5, 5.41) is 10.8. The van der Waals surface area contributed by atoms with Crippen LogP contribution in [0, 0.1) is 0 Å². The molecule has 0 amide bonds. The maximum Gasteiger partial charge on any atom is 0.191 e. The van der Waals surface area contributed by atoms with Gasteiger partial charge in [-0.2, -0.15) is 0 Å². The number of hydrogen-bond acceptors (Lipinski definition) is 5. The Kier molecular flexibility index (Phi) is 8.91. The van der Waals surface area contributed by atoms with Crippen LogP contribution < -0.4 is 15.5 Å². The zero-order chi connectivity index (χ0) is 20.8. The summed E-state index contributed by atoms with van der Waals surface area (Å²) in [6, 6.07) is 14.3. The summed E-state index contributed by atoms with van der Waals surface area (Å²) in [5.41, 5.74) is 2.26. The zero-order valence-corrected chi connectivity index (χ0v) is 21.2. The molecule has 0 spiro atoms. The molecular formula is C22H26ClIN6S. The number of nitrogens with one attached hydrogen (secondary N) is 2. The molecule has 1 aromatic carbocycles. The number of guanidine groups is 1. The molecule has 0 aliphatic carbocycles. The van der Waals surface area contributed by atoms with E-state index in [-0.39, 0.29) is 24.0 Å². The fraction of sp³-hybridized carbons (Fsp3) is 0.318. The first kappa shape index (κ1) is 23.7. The Morgan fingerprint density at radius 2 is 2.10 bits per heavy atom. The van der Waals surface area contributed by atoms with Gasteiger partial charge in [-0.1, -0.05) is 41.9 Å². The van der Waals surface area contributed by atoms with E-state index in [9.17, 15) is 0 Å². The third-order valence-corrected chi connectivity index (χ3v) is 6.27. The van der Waals surface area contributed by atoms with E-state index in [2.05, 4.69) is 43.0 Å². The molecule has 2 aromatic heterocycles. The van der Waals surface area contributed by atoms with Gasteiger partial charge in [-0.15, -0.1) is 35.3 Å². The number of nitrogens with zero attached hydrogens (tertiary/aromatic N) is 4.